The number of nitrogens with zero attached hydrogens (tertiary/aromatic N) is 3. The second-order valence-corrected chi connectivity index (χ2v) is 4.76. The summed E-state index contributed by atoms with van der Waals surface area (Å²) < 4.78 is 9.01. The van der Waals surface area contributed by atoms with E-state index in [0.29, 0.717) is 12.8 Å². The van der Waals surface area contributed by atoms with Crippen molar-refractivity contribution in [2.75, 3.05) is 14.2 Å². The van der Waals surface area contributed by atoms with Gasteiger partial charge in [0.2, 0.25) is 0 Å². The Kier molecular flexibility index (Phi) is 6.10. The van der Waals surface area contributed by atoms with Crippen molar-refractivity contribution in [2.24, 2.45) is 16.1 Å². The first-order chi connectivity index (χ1) is 9.57. The van der Waals surface area contributed by atoms with Crippen LogP contribution >= 0.6 is 0 Å². The number of carbonyl (C=O) groups is 2. The van der Waals surface area contributed by atoms with Crippen LogP contribution in [0.15, 0.2) is 10.2 Å². The van der Waals surface area contributed by atoms with Gasteiger partial charge in [0.25, 0.3) is 0 Å². The summed E-state index contributed by atoms with van der Waals surface area (Å²) in [6, 6.07) is 2.17. The molecule has 0 bridgehead atoms. The van der Waals surface area contributed by atoms with E-state index in [9.17, 15) is 14.9 Å². The number of carbonyl (C=O) groups excluding carboxylic acids is 2. The maximum Gasteiger partial charge on any atom is 0.451 e. The van der Waals surface area contributed by atoms with E-state index in [1.165, 1.54) is 14.2 Å². The van der Waals surface area contributed by atoms with Crippen molar-refractivity contribution in [3.63, 3.8) is 0 Å². The highest BCUT2D eigenvalue weighted by Gasteiger charge is 2.42. The molecule has 0 aliphatic heterocycles. The van der Waals surface area contributed by atoms with Gasteiger partial charge in [0, 0.05) is 6.42 Å². The molecule has 1 saturated carbocycles. The van der Waals surface area contributed by atoms with Gasteiger partial charge in [0.1, 0.15) is 0 Å². The normalized spacial score (nSPS) is 25.9. The van der Waals surface area contributed by atoms with Crippen LogP contribution in [0.4, 0.5) is 4.79 Å². The smallest absolute Gasteiger partial charge is 0.451 e. The lowest BCUT2D eigenvalue weighted by Gasteiger charge is -2.34. The third kappa shape index (κ3) is 4.02. The van der Waals surface area contributed by atoms with Gasteiger partial charge in [0.05, 0.1) is 20.3 Å². The molecule has 7 heteroatoms. The molecule has 0 aromatic rings. The fourth-order valence-electron chi connectivity index (χ4n) is 2.48. The Morgan fingerprint density at radius 3 is 2.70 bits per heavy atom. The number of methoxy groups -OCH3 is 2. The molecule has 2 atom stereocenters. The van der Waals surface area contributed by atoms with Crippen molar-refractivity contribution in [3.8, 4) is 6.07 Å². The zero-order valence-corrected chi connectivity index (χ0v) is 11.8. The third-order valence-electron chi connectivity index (χ3n) is 3.64. The van der Waals surface area contributed by atoms with Crippen LogP contribution in [-0.4, -0.2) is 31.8 Å². The Morgan fingerprint density at radius 2 is 2.10 bits per heavy atom. The number of nitriles is 1. The number of esters is 1. The Morgan fingerprint density at radius 1 is 1.35 bits per heavy atom. The molecule has 1 aliphatic rings. The summed E-state index contributed by atoms with van der Waals surface area (Å²) in [6.45, 7) is 0. The van der Waals surface area contributed by atoms with Gasteiger partial charge in [-0.1, -0.05) is 11.5 Å². The quantitative estimate of drug-likeness (QED) is 0.582. The van der Waals surface area contributed by atoms with E-state index in [0.717, 1.165) is 19.3 Å². The lowest BCUT2D eigenvalue weighted by atomic mass is 9.72. The molecule has 0 spiro atoms. The van der Waals surface area contributed by atoms with E-state index in [2.05, 4.69) is 25.8 Å². The highest BCUT2D eigenvalue weighted by Crippen LogP contribution is 2.39. The SMILES string of the molecule is COC(=O)CCC1CCCCC1(C#N)N=NC(=O)OC. The molecule has 7 nitrogen and oxygen atoms in total. The molecular weight excluding hydrogens is 262 g/mol. The van der Waals surface area contributed by atoms with Crippen molar-refractivity contribution in [1.82, 2.24) is 0 Å². The minimum Gasteiger partial charge on any atom is -0.469 e. The molecule has 0 N–H and O–H groups in total. The molecule has 0 aromatic heterocycles. The van der Waals surface area contributed by atoms with Gasteiger partial charge in [-0.3, -0.25) is 4.79 Å². The minimum atomic E-state index is -1.04. The summed E-state index contributed by atoms with van der Waals surface area (Å²) in [5, 5.41) is 16.8. The molecule has 0 saturated heterocycles. The van der Waals surface area contributed by atoms with Crippen molar-refractivity contribution in [2.45, 2.75) is 44.1 Å². The fraction of sp³-hybridized carbons (Fsp3) is 0.769. The largest absolute Gasteiger partial charge is 0.469 e. The average Bonchev–Trinajstić information content (AvgIpc) is 2.50. The third-order valence-corrected chi connectivity index (χ3v) is 3.64. The number of hydrogen-bond donors (Lipinski definition) is 0. The maximum absolute atomic E-state index is 11.2. The van der Waals surface area contributed by atoms with Gasteiger partial charge in [-0.15, -0.1) is 0 Å². The minimum absolute atomic E-state index is 0.103. The number of azo groups is 1. The summed E-state index contributed by atoms with van der Waals surface area (Å²) in [4.78, 5) is 22.3. The second-order valence-electron chi connectivity index (χ2n) is 4.76. The fourth-order valence-corrected chi connectivity index (χ4v) is 2.48. The number of amides is 1. The molecule has 0 heterocycles. The van der Waals surface area contributed by atoms with Crippen LogP contribution in [0, 0.1) is 17.2 Å². The Hall–Kier alpha value is -1.97. The van der Waals surface area contributed by atoms with E-state index in [1.54, 1.807) is 0 Å². The van der Waals surface area contributed by atoms with Crippen molar-refractivity contribution < 1.29 is 19.1 Å². The Bertz CT molecular complexity index is 430. The first kappa shape index (κ1) is 16.1. The van der Waals surface area contributed by atoms with Gasteiger partial charge in [0.15, 0.2) is 5.54 Å². The number of rotatable bonds is 4. The van der Waals surface area contributed by atoms with Gasteiger partial charge >= 0.3 is 12.1 Å². The topological polar surface area (TPSA) is 101 Å². The standard InChI is InChI=1S/C13H19N3O4/c1-19-11(17)7-6-10-5-3-4-8-13(10,9-14)16-15-12(18)20-2/h10H,3-8H2,1-2H3. The Balaban J connectivity index is 2.82. The summed E-state index contributed by atoms with van der Waals surface area (Å²) in [5.41, 5.74) is -1.04. The first-order valence-corrected chi connectivity index (χ1v) is 6.57. The molecule has 1 amide bonds. The monoisotopic (exact) mass is 281 g/mol. The average molecular weight is 281 g/mol. The van der Waals surface area contributed by atoms with Gasteiger partial charge in [-0.05, 0) is 31.6 Å². The van der Waals surface area contributed by atoms with E-state index >= 15 is 0 Å². The van der Waals surface area contributed by atoms with Crippen LogP contribution in [0.1, 0.15) is 38.5 Å². The van der Waals surface area contributed by atoms with E-state index in [4.69, 9.17) is 0 Å². The van der Waals surface area contributed by atoms with Gasteiger partial charge in [-0.25, -0.2) is 4.79 Å². The van der Waals surface area contributed by atoms with Crippen LogP contribution in [0.25, 0.3) is 0 Å². The summed E-state index contributed by atoms with van der Waals surface area (Å²) in [7, 11) is 2.54. The van der Waals surface area contributed by atoms with E-state index in [-0.39, 0.29) is 18.3 Å². The number of ether oxygens (including phenoxy) is 2. The second kappa shape index (κ2) is 7.58. The van der Waals surface area contributed by atoms with Gasteiger partial charge in [-0.2, -0.15) is 10.4 Å². The lowest BCUT2D eigenvalue weighted by molar-refractivity contribution is -0.141. The highest BCUT2D eigenvalue weighted by molar-refractivity contribution is 5.69. The molecular formula is C13H19N3O4. The maximum atomic E-state index is 11.2. The zero-order chi connectivity index (χ0) is 15.0. The Labute approximate surface area is 118 Å². The molecule has 20 heavy (non-hydrogen) atoms. The van der Waals surface area contributed by atoms with Crippen molar-refractivity contribution in [3.05, 3.63) is 0 Å². The van der Waals surface area contributed by atoms with Crippen molar-refractivity contribution in [1.29, 1.82) is 5.26 Å². The zero-order valence-electron chi connectivity index (χ0n) is 11.8. The van der Waals surface area contributed by atoms with Crippen LogP contribution in [-0.2, 0) is 14.3 Å². The van der Waals surface area contributed by atoms with E-state index < -0.39 is 11.6 Å². The molecule has 1 rings (SSSR count). The molecule has 110 valence electrons. The molecule has 2 unspecified atom stereocenters. The van der Waals surface area contributed by atoms with Crippen LogP contribution in [0.3, 0.4) is 0 Å². The molecule has 0 aromatic carbocycles. The summed E-state index contributed by atoms with van der Waals surface area (Å²) in [6.07, 6.45) is 3.06. The van der Waals surface area contributed by atoms with Crippen molar-refractivity contribution >= 4 is 12.1 Å². The van der Waals surface area contributed by atoms with Crippen LogP contribution in [0.2, 0.25) is 0 Å². The van der Waals surface area contributed by atoms with Crippen LogP contribution < -0.4 is 0 Å². The molecule has 1 fully saturated rings. The van der Waals surface area contributed by atoms with Crippen LogP contribution in [0.5, 0.6) is 0 Å². The number of hydrogen-bond acceptors (Lipinski definition) is 6. The highest BCUT2D eigenvalue weighted by atomic mass is 16.5. The lowest BCUT2D eigenvalue weighted by Crippen LogP contribution is -2.37. The molecule has 1 aliphatic carbocycles. The van der Waals surface area contributed by atoms with E-state index in [1.807, 2.05) is 0 Å². The summed E-state index contributed by atoms with van der Waals surface area (Å²) in [5.74, 6) is -0.416. The predicted octanol–water partition coefficient (Wildman–Crippen LogP) is 2.61. The first-order valence-electron chi connectivity index (χ1n) is 6.57. The predicted molar refractivity (Wildman–Crippen MR) is 68.8 cm³/mol. The molecule has 0 radical (unpaired) electrons. The van der Waals surface area contributed by atoms with Gasteiger partial charge < -0.3 is 9.47 Å². The summed E-state index contributed by atoms with van der Waals surface area (Å²) >= 11 is 0.